The molecule has 2 aromatic heterocycles. The van der Waals surface area contributed by atoms with Gasteiger partial charge in [0, 0.05) is 57.9 Å². The molecule has 0 spiro atoms. The molecule has 0 amide bonds. The number of likely N-dealkylation sites (N-methyl/N-ethyl adjacent to an activating group) is 1. The Morgan fingerprint density at radius 1 is 0.964 bits per heavy atom. The molecule has 0 aliphatic carbocycles. The molecular weight excluding hydrogens is 348 g/mol. The maximum Gasteiger partial charge on any atom is 0.126 e. The highest BCUT2D eigenvalue weighted by Crippen LogP contribution is 2.16. The van der Waals surface area contributed by atoms with Gasteiger partial charge >= 0.3 is 0 Å². The lowest BCUT2D eigenvalue weighted by Gasteiger charge is -2.33. The number of pyridine rings is 1. The predicted octanol–water partition coefficient (Wildman–Crippen LogP) is 3.02. The lowest BCUT2D eigenvalue weighted by molar-refractivity contribution is 0.132. The zero-order valence-electron chi connectivity index (χ0n) is 16.5. The van der Waals surface area contributed by atoms with Crippen LogP contribution in [0.1, 0.15) is 18.1 Å². The Bertz CT molecular complexity index is 851. The van der Waals surface area contributed by atoms with Crippen LogP contribution in [0.25, 0.3) is 5.69 Å². The zero-order chi connectivity index (χ0) is 19.2. The second-order valence-corrected chi connectivity index (χ2v) is 7.19. The van der Waals surface area contributed by atoms with E-state index in [9.17, 15) is 0 Å². The van der Waals surface area contributed by atoms with E-state index in [1.165, 1.54) is 24.2 Å². The van der Waals surface area contributed by atoms with Crippen molar-refractivity contribution in [3.63, 3.8) is 0 Å². The number of anilines is 1. The Labute approximate surface area is 166 Å². The van der Waals surface area contributed by atoms with E-state index in [-0.39, 0.29) is 0 Å². The Hall–Kier alpha value is -2.70. The summed E-state index contributed by atoms with van der Waals surface area (Å²) in [6.07, 6.45) is 5.76. The van der Waals surface area contributed by atoms with Crippen molar-refractivity contribution in [2.24, 2.45) is 0 Å². The summed E-state index contributed by atoms with van der Waals surface area (Å²) in [5, 5.41) is 7.78. The van der Waals surface area contributed by atoms with Crippen LogP contribution in [0, 0.1) is 0 Å². The summed E-state index contributed by atoms with van der Waals surface area (Å²) < 4.78 is 1.89. The fourth-order valence-corrected chi connectivity index (χ4v) is 3.63. The molecule has 0 unspecified atom stereocenters. The molecule has 0 saturated carbocycles. The largest absolute Gasteiger partial charge is 0.366 e. The molecule has 3 aromatic rings. The van der Waals surface area contributed by atoms with E-state index in [2.05, 4.69) is 62.5 Å². The van der Waals surface area contributed by atoms with E-state index in [4.69, 9.17) is 0 Å². The molecule has 1 N–H and O–H groups in total. The van der Waals surface area contributed by atoms with E-state index in [1.807, 2.05) is 29.2 Å². The highest BCUT2D eigenvalue weighted by molar-refractivity contribution is 5.44. The monoisotopic (exact) mass is 376 g/mol. The third-order valence-electron chi connectivity index (χ3n) is 5.35. The quantitative estimate of drug-likeness (QED) is 0.687. The molecular formula is C22H28N6. The first kappa shape index (κ1) is 18.7. The van der Waals surface area contributed by atoms with Gasteiger partial charge in [-0.1, -0.05) is 31.2 Å². The molecule has 0 bridgehead atoms. The van der Waals surface area contributed by atoms with Crippen LogP contribution in [0.5, 0.6) is 0 Å². The highest BCUT2D eigenvalue weighted by Gasteiger charge is 2.15. The van der Waals surface area contributed by atoms with Gasteiger partial charge in [-0.25, -0.2) is 9.67 Å². The first-order chi connectivity index (χ1) is 13.8. The smallest absolute Gasteiger partial charge is 0.126 e. The van der Waals surface area contributed by atoms with Crippen molar-refractivity contribution in [3.05, 3.63) is 72.2 Å². The lowest BCUT2D eigenvalue weighted by Crippen LogP contribution is -2.45. The molecule has 1 aliphatic heterocycles. The fraction of sp³-hybridized carbons (Fsp3) is 0.364. The first-order valence-electron chi connectivity index (χ1n) is 10.0. The molecule has 1 fully saturated rings. The number of nitrogens with zero attached hydrogens (tertiary/aromatic N) is 5. The third-order valence-corrected chi connectivity index (χ3v) is 5.35. The Morgan fingerprint density at radius 3 is 2.50 bits per heavy atom. The van der Waals surface area contributed by atoms with Gasteiger partial charge in [-0.2, -0.15) is 5.10 Å². The molecule has 4 rings (SSSR count). The molecule has 146 valence electrons. The van der Waals surface area contributed by atoms with Gasteiger partial charge in [0.2, 0.25) is 0 Å². The number of rotatable bonds is 7. The van der Waals surface area contributed by atoms with Crippen LogP contribution in [0.4, 0.5) is 5.82 Å². The number of benzene rings is 1. The van der Waals surface area contributed by atoms with Crippen LogP contribution in [-0.4, -0.2) is 57.3 Å². The molecule has 1 aromatic carbocycles. The van der Waals surface area contributed by atoms with Crippen LogP contribution in [0.2, 0.25) is 0 Å². The standard InChI is InChI=1S/C22H28N6/c1-2-26-12-14-27(15-13-26)18-19-8-9-22(23-16-19)24-17-20-6-3-4-7-21(20)28-11-5-10-25-28/h3-11,16H,2,12-15,17-18H2,1H3,(H,23,24). The number of hydrogen-bond acceptors (Lipinski definition) is 5. The minimum absolute atomic E-state index is 0.710. The van der Waals surface area contributed by atoms with Gasteiger partial charge in [0.1, 0.15) is 5.82 Å². The summed E-state index contributed by atoms with van der Waals surface area (Å²) in [6.45, 7) is 9.68. The van der Waals surface area contributed by atoms with Crippen molar-refractivity contribution in [2.45, 2.75) is 20.0 Å². The number of hydrogen-bond donors (Lipinski definition) is 1. The predicted molar refractivity (Wildman–Crippen MR) is 113 cm³/mol. The van der Waals surface area contributed by atoms with E-state index < -0.39 is 0 Å². The molecule has 6 nitrogen and oxygen atoms in total. The average molecular weight is 377 g/mol. The second kappa shape index (κ2) is 8.99. The third kappa shape index (κ3) is 4.58. The summed E-state index contributed by atoms with van der Waals surface area (Å²) >= 11 is 0. The summed E-state index contributed by atoms with van der Waals surface area (Å²) in [7, 11) is 0. The van der Waals surface area contributed by atoms with Gasteiger partial charge < -0.3 is 10.2 Å². The lowest BCUT2D eigenvalue weighted by atomic mass is 10.1. The van der Waals surface area contributed by atoms with Gasteiger partial charge in [0.15, 0.2) is 0 Å². The van der Waals surface area contributed by atoms with Crippen molar-refractivity contribution >= 4 is 5.82 Å². The minimum atomic E-state index is 0.710. The fourth-order valence-electron chi connectivity index (χ4n) is 3.63. The summed E-state index contributed by atoms with van der Waals surface area (Å²) in [5.74, 6) is 0.898. The average Bonchev–Trinajstić information content (AvgIpc) is 3.29. The van der Waals surface area contributed by atoms with Gasteiger partial charge in [-0.15, -0.1) is 0 Å². The van der Waals surface area contributed by atoms with Crippen LogP contribution in [0.3, 0.4) is 0 Å². The molecule has 6 heteroatoms. The molecule has 1 saturated heterocycles. The number of para-hydroxylation sites is 1. The van der Waals surface area contributed by atoms with Gasteiger partial charge in [0.05, 0.1) is 5.69 Å². The normalized spacial score (nSPS) is 15.6. The van der Waals surface area contributed by atoms with E-state index >= 15 is 0 Å². The van der Waals surface area contributed by atoms with E-state index in [1.54, 1.807) is 6.20 Å². The summed E-state index contributed by atoms with van der Waals surface area (Å²) in [5.41, 5.74) is 3.54. The zero-order valence-corrected chi connectivity index (χ0v) is 16.5. The maximum atomic E-state index is 4.61. The maximum absolute atomic E-state index is 4.61. The van der Waals surface area contributed by atoms with Crippen molar-refractivity contribution in [3.8, 4) is 5.69 Å². The Morgan fingerprint density at radius 2 is 1.79 bits per heavy atom. The van der Waals surface area contributed by atoms with Gasteiger partial charge in [-0.05, 0) is 35.9 Å². The number of nitrogens with one attached hydrogen (secondary N) is 1. The van der Waals surface area contributed by atoms with Crippen LogP contribution in [0.15, 0.2) is 61.1 Å². The minimum Gasteiger partial charge on any atom is -0.366 e. The Kier molecular flexibility index (Phi) is 5.99. The summed E-state index contributed by atoms with van der Waals surface area (Å²) in [4.78, 5) is 9.63. The topological polar surface area (TPSA) is 49.2 Å². The second-order valence-electron chi connectivity index (χ2n) is 7.19. The molecule has 28 heavy (non-hydrogen) atoms. The van der Waals surface area contributed by atoms with E-state index in [0.717, 1.165) is 37.7 Å². The molecule has 0 atom stereocenters. The van der Waals surface area contributed by atoms with Crippen LogP contribution < -0.4 is 5.32 Å². The van der Waals surface area contributed by atoms with Crippen molar-refractivity contribution in [2.75, 3.05) is 38.0 Å². The SMILES string of the molecule is CCN1CCN(Cc2ccc(NCc3ccccc3-n3cccn3)nc2)CC1. The number of piperazine rings is 1. The van der Waals surface area contributed by atoms with Gasteiger partial charge in [-0.3, -0.25) is 4.90 Å². The first-order valence-corrected chi connectivity index (χ1v) is 10.0. The van der Waals surface area contributed by atoms with E-state index in [0.29, 0.717) is 6.54 Å². The molecule has 3 heterocycles. The van der Waals surface area contributed by atoms with Gasteiger partial charge in [0.25, 0.3) is 0 Å². The molecule has 1 aliphatic rings. The highest BCUT2D eigenvalue weighted by atomic mass is 15.3. The van der Waals surface area contributed by atoms with Crippen molar-refractivity contribution in [1.82, 2.24) is 24.6 Å². The summed E-state index contributed by atoms with van der Waals surface area (Å²) in [6, 6.07) is 14.5. The molecule has 0 radical (unpaired) electrons. The Balaban J connectivity index is 1.33. The van der Waals surface area contributed by atoms with Crippen molar-refractivity contribution in [1.29, 1.82) is 0 Å². The van der Waals surface area contributed by atoms with Crippen LogP contribution in [-0.2, 0) is 13.1 Å². The van der Waals surface area contributed by atoms with Crippen LogP contribution >= 0.6 is 0 Å². The number of aromatic nitrogens is 3. The van der Waals surface area contributed by atoms with Crippen molar-refractivity contribution < 1.29 is 0 Å².